The standard InChI is InChI=1S/C16H17ClFNO3S/c1-3-19(11-12-4-9-16(22-2)15(18)10-12)23(20,21)14-7-5-13(17)6-8-14/h4-10H,3,11H2,1-2H3. The molecule has 0 aromatic heterocycles. The van der Waals surface area contributed by atoms with E-state index in [1.54, 1.807) is 13.0 Å². The molecule has 4 nitrogen and oxygen atoms in total. The highest BCUT2D eigenvalue weighted by Crippen LogP contribution is 2.23. The van der Waals surface area contributed by atoms with Crippen LogP contribution in [0.4, 0.5) is 4.39 Å². The number of methoxy groups -OCH3 is 1. The van der Waals surface area contributed by atoms with Gasteiger partial charge in [-0.2, -0.15) is 4.31 Å². The molecule has 0 spiro atoms. The van der Waals surface area contributed by atoms with Gasteiger partial charge in [-0.15, -0.1) is 0 Å². The normalized spacial score (nSPS) is 11.7. The van der Waals surface area contributed by atoms with Gasteiger partial charge in [0.2, 0.25) is 10.0 Å². The average Bonchev–Trinajstić information content (AvgIpc) is 2.53. The smallest absolute Gasteiger partial charge is 0.243 e. The summed E-state index contributed by atoms with van der Waals surface area (Å²) in [5, 5.41) is 0.462. The lowest BCUT2D eigenvalue weighted by molar-refractivity contribution is 0.384. The minimum Gasteiger partial charge on any atom is -0.494 e. The zero-order valence-corrected chi connectivity index (χ0v) is 14.4. The third-order valence-electron chi connectivity index (χ3n) is 3.38. The molecule has 23 heavy (non-hydrogen) atoms. The number of benzene rings is 2. The van der Waals surface area contributed by atoms with Crippen LogP contribution >= 0.6 is 11.6 Å². The van der Waals surface area contributed by atoms with Crippen molar-refractivity contribution < 1.29 is 17.5 Å². The molecule has 0 unspecified atom stereocenters. The van der Waals surface area contributed by atoms with Crippen molar-refractivity contribution >= 4 is 21.6 Å². The van der Waals surface area contributed by atoms with Crippen LogP contribution in [0.2, 0.25) is 5.02 Å². The molecule has 2 aromatic rings. The fourth-order valence-electron chi connectivity index (χ4n) is 2.13. The van der Waals surface area contributed by atoms with Crippen LogP contribution in [0.3, 0.4) is 0 Å². The Morgan fingerprint density at radius 2 is 1.83 bits per heavy atom. The lowest BCUT2D eigenvalue weighted by Crippen LogP contribution is -2.30. The molecule has 0 aliphatic heterocycles. The third-order valence-corrected chi connectivity index (χ3v) is 5.57. The fraction of sp³-hybridized carbons (Fsp3) is 0.250. The minimum absolute atomic E-state index is 0.0718. The van der Waals surface area contributed by atoms with Crippen molar-refractivity contribution in [2.75, 3.05) is 13.7 Å². The summed E-state index contributed by atoms with van der Waals surface area (Å²) in [5.74, 6) is -0.401. The summed E-state index contributed by atoms with van der Waals surface area (Å²) in [6, 6.07) is 10.3. The van der Waals surface area contributed by atoms with Crippen LogP contribution in [0.1, 0.15) is 12.5 Å². The summed E-state index contributed by atoms with van der Waals surface area (Å²) in [6.45, 7) is 2.06. The Kier molecular flexibility index (Phi) is 5.62. The third kappa shape index (κ3) is 4.02. The second-order valence-electron chi connectivity index (χ2n) is 4.85. The van der Waals surface area contributed by atoms with Crippen LogP contribution in [-0.2, 0) is 16.6 Å². The van der Waals surface area contributed by atoms with E-state index >= 15 is 0 Å². The molecule has 0 aliphatic carbocycles. The van der Waals surface area contributed by atoms with Gasteiger partial charge in [-0.1, -0.05) is 24.6 Å². The molecule has 0 saturated carbocycles. The summed E-state index contributed by atoms with van der Waals surface area (Å²) >= 11 is 5.79. The van der Waals surface area contributed by atoms with Crippen molar-refractivity contribution in [2.24, 2.45) is 0 Å². The molecule has 0 fully saturated rings. The maximum atomic E-state index is 13.8. The van der Waals surface area contributed by atoms with Crippen molar-refractivity contribution in [2.45, 2.75) is 18.4 Å². The van der Waals surface area contributed by atoms with Crippen LogP contribution in [0.25, 0.3) is 0 Å². The van der Waals surface area contributed by atoms with E-state index in [9.17, 15) is 12.8 Å². The van der Waals surface area contributed by atoms with Crippen molar-refractivity contribution in [1.82, 2.24) is 4.31 Å². The van der Waals surface area contributed by atoms with Crippen molar-refractivity contribution in [3.63, 3.8) is 0 Å². The molecule has 0 N–H and O–H groups in total. The summed E-state index contributed by atoms with van der Waals surface area (Å²) in [5.41, 5.74) is 0.544. The first-order chi connectivity index (χ1) is 10.9. The van der Waals surface area contributed by atoms with Gasteiger partial charge in [0, 0.05) is 18.1 Å². The van der Waals surface area contributed by atoms with Crippen LogP contribution in [-0.4, -0.2) is 26.4 Å². The van der Waals surface area contributed by atoms with Crippen molar-refractivity contribution in [3.05, 3.63) is 58.9 Å². The summed E-state index contributed by atoms with van der Waals surface area (Å²) < 4.78 is 45.2. The summed E-state index contributed by atoms with van der Waals surface area (Å²) in [4.78, 5) is 0.151. The zero-order valence-electron chi connectivity index (χ0n) is 12.8. The van der Waals surface area contributed by atoms with Gasteiger partial charge in [0.25, 0.3) is 0 Å². The van der Waals surface area contributed by atoms with E-state index in [0.717, 1.165) is 0 Å². The van der Waals surface area contributed by atoms with Gasteiger partial charge in [0.05, 0.1) is 12.0 Å². The van der Waals surface area contributed by atoms with Gasteiger partial charge in [0.15, 0.2) is 11.6 Å². The van der Waals surface area contributed by atoms with E-state index in [0.29, 0.717) is 10.6 Å². The molecule has 0 amide bonds. The molecule has 124 valence electrons. The molecular formula is C16H17ClFNO3S. The van der Waals surface area contributed by atoms with E-state index in [2.05, 4.69) is 0 Å². The Bertz CT molecular complexity index is 778. The number of ether oxygens (including phenoxy) is 1. The highest BCUT2D eigenvalue weighted by atomic mass is 35.5. The SMILES string of the molecule is CCN(Cc1ccc(OC)c(F)c1)S(=O)(=O)c1ccc(Cl)cc1. The lowest BCUT2D eigenvalue weighted by atomic mass is 10.2. The highest BCUT2D eigenvalue weighted by molar-refractivity contribution is 7.89. The second kappa shape index (κ2) is 7.29. The van der Waals surface area contributed by atoms with E-state index in [1.807, 2.05) is 0 Å². The fourth-order valence-corrected chi connectivity index (χ4v) is 3.70. The van der Waals surface area contributed by atoms with Gasteiger partial charge in [-0.3, -0.25) is 0 Å². The maximum Gasteiger partial charge on any atom is 0.243 e. The minimum atomic E-state index is -3.67. The number of hydrogen-bond donors (Lipinski definition) is 0. The second-order valence-corrected chi connectivity index (χ2v) is 7.23. The van der Waals surface area contributed by atoms with Gasteiger partial charge < -0.3 is 4.74 Å². The Morgan fingerprint density at radius 1 is 1.17 bits per heavy atom. The largest absolute Gasteiger partial charge is 0.494 e. The molecular weight excluding hydrogens is 341 g/mol. The first-order valence-corrected chi connectivity index (χ1v) is 8.78. The molecule has 2 aromatic carbocycles. The highest BCUT2D eigenvalue weighted by Gasteiger charge is 2.23. The van der Waals surface area contributed by atoms with Crippen molar-refractivity contribution in [3.8, 4) is 5.75 Å². The zero-order chi connectivity index (χ0) is 17.0. The molecule has 0 bridgehead atoms. The summed E-state index contributed by atoms with van der Waals surface area (Å²) in [7, 11) is -2.30. The molecule has 0 atom stereocenters. The number of hydrogen-bond acceptors (Lipinski definition) is 3. The summed E-state index contributed by atoms with van der Waals surface area (Å²) in [6.07, 6.45) is 0. The average molecular weight is 358 g/mol. The van der Waals surface area contributed by atoms with E-state index in [4.69, 9.17) is 16.3 Å². The maximum absolute atomic E-state index is 13.8. The first kappa shape index (κ1) is 17.7. The van der Waals surface area contributed by atoms with E-state index in [-0.39, 0.29) is 23.7 Å². The van der Waals surface area contributed by atoms with Gasteiger partial charge in [-0.05, 0) is 42.0 Å². The van der Waals surface area contributed by atoms with Crippen LogP contribution in [0.5, 0.6) is 5.75 Å². The van der Waals surface area contributed by atoms with Crippen LogP contribution in [0, 0.1) is 5.82 Å². The lowest BCUT2D eigenvalue weighted by Gasteiger charge is -2.21. The predicted molar refractivity (Wildman–Crippen MR) is 87.7 cm³/mol. The van der Waals surface area contributed by atoms with Gasteiger partial charge >= 0.3 is 0 Å². The Balaban J connectivity index is 2.28. The number of rotatable bonds is 6. The molecule has 0 radical (unpaired) electrons. The first-order valence-electron chi connectivity index (χ1n) is 6.96. The Labute approximate surface area is 140 Å². The van der Waals surface area contributed by atoms with Gasteiger partial charge in [0.1, 0.15) is 0 Å². The van der Waals surface area contributed by atoms with Crippen LogP contribution < -0.4 is 4.74 Å². The quantitative estimate of drug-likeness (QED) is 0.792. The molecule has 2 rings (SSSR count). The topological polar surface area (TPSA) is 46.6 Å². The molecule has 0 heterocycles. The molecule has 0 aliphatic rings. The Hall–Kier alpha value is -1.63. The molecule has 7 heteroatoms. The number of nitrogens with zero attached hydrogens (tertiary/aromatic N) is 1. The van der Waals surface area contributed by atoms with Crippen molar-refractivity contribution in [1.29, 1.82) is 0 Å². The monoisotopic (exact) mass is 357 g/mol. The van der Waals surface area contributed by atoms with Gasteiger partial charge in [-0.25, -0.2) is 12.8 Å². The number of sulfonamides is 1. The molecule has 0 saturated heterocycles. The Morgan fingerprint density at radius 3 is 2.35 bits per heavy atom. The van der Waals surface area contributed by atoms with Crippen LogP contribution in [0.15, 0.2) is 47.4 Å². The predicted octanol–water partition coefficient (Wildman–Crippen LogP) is 3.70. The van der Waals surface area contributed by atoms with E-state index in [1.165, 1.54) is 47.8 Å². The number of halogens is 2. The van der Waals surface area contributed by atoms with E-state index < -0.39 is 15.8 Å².